The largest absolute Gasteiger partial charge is 0.472 e. The molecule has 1 saturated heterocycles. The lowest BCUT2D eigenvalue weighted by Crippen LogP contribution is -2.44. The summed E-state index contributed by atoms with van der Waals surface area (Å²) in [4.78, 5) is 39.3. The van der Waals surface area contributed by atoms with Crippen LogP contribution in [0, 0.1) is 11.8 Å². The molecule has 2 fully saturated rings. The van der Waals surface area contributed by atoms with Crippen LogP contribution in [-0.4, -0.2) is 84.4 Å². The van der Waals surface area contributed by atoms with E-state index in [1.165, 1.54) is 30.5 Å². The summed E-state index contributed by atoms with van der Waals surface area (Å²) in [5, 5.41) is 23.2. The number of anilines is 1. The number of aliphatic hydroxyl groups excluding tert-OH is 2. The highest BCUT2D eigenvalue weighted by Crippen LogP contribution is 2.32. The third-order valence-electron chi connectivity index (χ3n) is 6.46. The smallest absolute Gasteiger partial charge is 0.258 e. The van der Waals surface area contributed by atoms with Crippen LogP contribution in [0.15, 0.2) is 29.3 Å². The number of aromatic nitrogens is 4. The van der Waals surface area contributed by atoms with E-state index in [1.54, 1.807) is 11.0 Å². The monoisotopic (exact) mass is 495 g/mol. The van der Waals surface area contributed by atoms with E-state index in [0.29, 0.717) is 5.56 Å². The van der Waals surface area contributed by atoms with Gasteiger partial charge in [-0.1, -0.05) is 5.92 Å². The number of carbonyl (C=O) groups excluding carboxylic acids is 2. The van der Waals surface area contributed by atoms with Crippen LogP contribution in [0.1, 0.15) is 41.7 Å². The summed E-state index contributed by atoms with van der Waals surface area (Å²) in [6.45, 7) is 0.166. The number of nitrogens with zero attached hydrogens (tertiary/aromatic N) is 5. The maximum Gasteiger partial charge on any atom is 0.258 e. The summed E-state index contributed by atoms with van der Waals surface area (Å²) in [7, 11) is 1.40. The predicted octanol–water partition coefficient (Wildman–Crippen LogP) is -0.587. The Balaban J connectivity index is 1.41. The zero-order chi connectivity index (χ0) is 25.4. The highest BCUT2D eigenvalue weighted by atomic mass is 16.6. The van der Waals surface area contributed by atoms with Gasteiger partial charge in [0, 0.05) is 13.1 Å². The van der Waals surface area contributed by atoms with Crippen molar-refractivity contribution < 1.29 is 29.0 Å². The maximum absolute atomic E-state index is 12.9. The van der Waals surface area contributed by atoms with E-state index >= 15 is 0 Å². The average Bonchev–Trinajstić information content (AvgIpc) is 3.57. The van der Waals surface area contributed by atoms with Crippen molar-refractivity contribution in [3.8, 4) is 11.8 Å². The number of hydrogen-bond donors (Lipinski definition) is 4. The van der Waals surface area contributed by atoms with Gasteiger partial charge in [-0.2, -0.15) is 0 Å². The van der Waals surface area contributed by atoms with Crippen molar-refractivity contribution in [2.75, 3.05) is 19.3 Å². The van der Waals surface area contributed by atoms with Crippen molar-refractivity contribution in [1.82, 2.24) is 29.7 Å². The number of nitrogens with one attached hydrogen (secondary N) is 1. The molecule has 3 aromatic heterocycles. The molecule has 3 aromatic rings. The lowest BCUT2D eigenvalue weighted by atomic mass is 9.91. The minimum absolute atomic E-state index is 0.0595. The number of imidazole rings is 1. The Labute approximate surface area is 205 Å². The maximum atomic E-state index is 12.9. The number of fused-ring (bicyclic) bond motifs is 1. The zero-order valence-electron chi connectivity index (χ0n) is 19.4. The van der Waals surface area contributed by atoms with Crippen LogP contribution in [0.3, 0.4) is 0 Å². The number of carbonyl (C=O) groups is 2. The van der Waals surface area contributed by atoms with Gasteiger partial charge in [0.05, 0.1) is 24.7 Å². The van der Waals surface area contributed by atoms with Gasteiger partial charge in [0.15, 0.2) is 23.8 Å². The van der Waals surface area contributed by atoms with E-state index < -0.39 is 30.4 Å². The molecule has 1 aliphatic heterocycles. The van der Waals surface area contributed by atoms with Crippen LogP contribution in [0.2, 0.25) is 0 Å². The average molecular weight is 495 g/mol. The molecular weight excluding hydrogens is 470 g/mol. The molecular formula is C23H25N7O6. The summed E-state index contributed by atoms with van der Waals surface area (Å²) in [6.07, 6.45) is 1.80. The molecule has 188 valence electrons. The molecule has 0 unspecified atom stereocenters. The fourth-order valence-electron chi connectivity index (χ4n) is 4.25. The molecule has 2 amide bonds. The number of ether oxygens (including phenoxy) is 1. The highest BCUT2D eigenvalue weighted by Gasteiger charge is 2.47. The molecule has 5 rings (SSSR count). The van der Waals surface area contributed by atoms with E-state index in [1.807, 2.05) is 0 Å². The fourth-order valence-corrected chi connectivity index (χ4v) is 4.25. The van der Waals surface area contributed by atoms with Crippen LogP contribution in [-0.2, 0) is 9.53 Å². The molecule has 0 bridgehead atoms. The predicted molar refractivity (Wildman–Crippen MR) is 124 cm³/mol. The van der Waals surface area contributed by atoms with Crippen molar-refractivity contribution in [3.05, 3.63) is 36.3 Å². The minimum Gasteiger partial charge on any atom is -0.472 e. The van der Waals surface area contributed by atoms with E-state index in [4.69, 9.17) is 14.9 Å². The summed E-state index contributed by atoms with van der Waals surface area (Å²) in [5.41, 5.74) is 6.99. The number of aliphatic hydroxyl groups is 2. The number of furan rings is 1. The summed E-state index contributed by atoms with van der Waals surface area (Å²) < 4.78 is 12.0. The van der Waals surface area contributed by atoms with Gasteiger partial charge in [0.1, 0.15) is 24.0 Å². The number of rotatable bonds is 5. The Bertz CT molecular complexity index is 1340. The number of nitrogens with two attached hydrogens (primary N) is 1. The van der Waals surface area contributed by atoms with Crippen LogP contribution in [0.25, 0.3) is 11.2 Å². The second-order valence-corrected chi connectivity index (χ2v) is 8.63. The molecule has 4 heterocycles. The Morgan fingerprint density at radius 3 is 2.78 bits per heavy atom. The molecule has 13 heteroatoms. The van der Waals surface area contributed by atoms with Crippen LogP contribution < -0.4 is 11.1 Å². The number of amides is 2. The zero-order valence-corrected chi connectivity index (χ0v) is 19.4. The van der Waals surface area contributed by atoms with Gasteiger partial charge in [-0.05, 0) is 31.2 Å². The first-order valence-corrected chi connectivity index (χ1v) is 11.4. The SMILES string of the molecule is CNC(=O)[C@H]1O[C@@H](n2cnc3c(N)nc(C#CCN(C(=O)c4ccoc4)C4CCC4)nc32)[C@H](O)[C@H]1O. The van der Waals surface area contributed by atoms with Crippen molar-refractivity contribution >= 4 is 28.8 Å². The first kappa shape index (κ1) is 23.7. The Morgan fingerprint density at radius 1 is 1.31 bits per heavy atom. The summed E-state index contributed by atoms with van der Waals surface area (Å²) in [6, 6.07) is 1.73. The van der Waals surface area contributed by atoms with Crippen molar-refractivity contribution in [3.63, 3.8) is 0 Å². The first-order chi connectivity index (χ1) is 17.4. The van der Waals surface area contributed by atoms with Crippen molar-refractivity contribution in [2.45, 2.75) is 49.8 Å². The van der Waals surface area contributed by atoms with Gasteiger partial charge in [0.25, 0.3) is 11.8 Å². The van der Waals surface area contributed by atoms with Crippen LogP contribution in [0.4, 0.5) is 5.82 Å². The van der Waals surface area contributed by atoms with E-state index in [2.05, 4.69) is 32.1 Å². The second-order valence-electron chi connectivity index (χ2n) is 8.63. The molecule has 5 N–H and O–H groups in total. The molecule has 0 spiro atoms. The topological polar surface area (TPSA) is 182 Å². The molecule has 4 atom stereocenters. The van der Waals surface area contributed by atoms with Crippen LogP contribution >= 0.6 is 0 Å². The minimum atomic E-state index is -1.45. The lowest BCUT2D eigenvalue weighted by Gasteiger charge is -2.36. The number of nitrogen functional groups attached to an aromatic ring is 1. The molecule has 0 aromatic carbocycles. The fraction of sp³-hybridized carbons (Fsp3) is 0.435. The van der Waals surface area contributed by atoms with E-state index in [0.717, 1.165) is 19.3 Å². The molecule has 0 radical (unpaired) electrons. The van der Waals surface area contributed by atoms with Crippen molar-refractivity contribution in [1.29, 1.82) is 0 Å². The quantitative estimate of drug-likeness (QED) is 0.334. The normalized spacial score (nSPS) is 23.6. The summed E-state index contributed by atoms with van der Waals surface area (Å²) >= 11 is 0. The lowest BCUT2D eigenvalue weighted by molar-refractivity contribution is -0.137. The van der Waals surface area contributed by atoms with Crippen LogP contribution in [0.5, 0.6) is 0 Å². The Morgan fingerprint density at radius 2 is 2.11 bits per heavy atom. The number of hydrogen-bond acceptors (Lipinski definition) is 10. The third-order valence-corrected chi connectivity index (χ3v) is 6.46. The van der Waals surface area contributed by atoms with Gasteiger partial charge in [0.2, 0.25) is 5.82 Å². The molecule has 1 saturated carbocycles. The van der Waals surface area contributed by atoms with Gasteiger partial charge < -0.3 is 35.3 Å². The Hall–Kier alpha value is -3.99. The number of likely N-dealkylation sites (N-methyl/N-ethyl adjacent to an activating group) is 1. The van der Waals surface area contributed by atoms with Gasteiger partial charge in [-0.15, -0.1) is 0 Å². The second kappa shape index (κ2) is 9.57. The third kappa shape index (κ3) is 4.15. The standard InChI is InChI=1S/C23H25N7O6/c1-25-21(33)18-16(31)17(32)23(36-18)30-11-26-15-19(24)27-14(28-20(15)30)6-3-8-29(13-4-2-5-13)22(34)12-7-9-35-10-12/h7,9-11,13,16-18,23,31-32H,2,4-5,8H2,1H3,(H,25,33)(H2,24,27,28)/t16-,17-,18+,23-/m1/s1. The van der Waals surface area contributed by atoms with Crippen molar-refractivity contribution in [2.24, 2.45) is 0 Å². The van der Waals surface area contributed by atoms with Gasteiger partial charge in [-0.3, -0.25) is 14.2 Å². The van der Waals surface area contributed by atoms with Gasteiger partial charge in [-0.25, -0.2) is 15.0 Å². The highest BCUT2D eigenvalue weighted by molar-refractivity contribution is 5.94. The van der Waals surface area contributed by atoms with E-state index in [-0.39, 0.29) is 41.3 Å². The van der Waals surface area contributed by atoms with E-state index in [9.17, 15) is 19.8 Å². The first-order valence-electron chi connectivity index (χ1n) is 11.4. The molecule has 36 heavy (non-hydrogen) atoms. The molecule has 2 aliphatic rings. The van der Waals surface area contributed by atoms with Gasteiger partial charge >= 0.3 is 0 Å². The Kier molecular flexibility index (Phi) is 6.31. The molecule has 13 nitrogen and oxygen atoms in total. The summed E-state index contributed by atoms with van der Waals surface area (Å²) in [5.74, 6) is 5.21. The molecule has 1 aliphatic carbocycles.